The number of aryl methyl sites for hydroxylation is 1. The van der Waals surface area contributed by atoms with E-state index in [1.165, 1.54) is 4.31 Å². The van der Waals surface area contributed by atoms with Crippen molar-refractivity contribution in [2.75, 3.05) is 52.9 Å². The number of benzene rings is 1. The minimum Gasteiger partial charge on any atom is -0.344 e. The highest BCUT2D eigenvalue weighted by Crippen LogP contribution is 2.18. The highest BCUT2D eigenvalue weighted by molar-refractivity contribution is 7.89. The van der Waals surface area contributed by atoms with Crippen molar-refractivity contribution in [1.82, 2.24) is 14.1 Å². The summed E-state index contributed by atoms with van der Waals surface area (Å²) in [5.41, 5.74) is 6.65. The first-order chi connectivity index (χ1) is 12.5. The Morgan fingerprint density at radius 1 is 1.10 bits per heavy atom. The Morgan fingerprint density at radius 3 is 2.10 bits per heavy atom. The summed E-state index contributed by atoms with van der Waals surface area (Å²) in [5, 5.41) is 0. The van der Waals surface area contributed by atoms with Crippen LogP contribution >= 0.6 is 24.8 Å². The molecule has 1 heterocycles. The quantitative estimate of drug-likeness (QED) is 0.656. The minimum absolute atomic E-state index is 0. The van der Waals surface area contributed by atoms with E-state index in [0.29, 0.717) is 50.7 Å². The smallest absolute Gasteiger partial charge is 0.243 e. The largest absolute Gasteiger partial charge is 0.344 e. The van der Waals surface area contributed by atoms with Gasteiger partial charge in [0, 0.05) is 39.8 Å². The van der Waals surface area contributed by atoms with Crippen LogP contribution in [0, 0.1) is 12.3 Å². The number of hydrogen-bond acceptors (Lipinski definition) is 5. The summed E-state index contributed by atoms with van der Waals surface area (Å²) >= 11 is 0. The number of amides is 1. The molecule has 1 saturated heterocycles. The van der Waals surface area contributed by atoms with E-state index in [2.05, 4.69) is 0 Å². The Balaban J connectivity index is 0.00000392. The molecule has 1 aliphatic rings. The van der Waals surface area contributed by atoms with Crippen molar-refractivity contribution in [3.05, 3.63) is 29.8 Å². The van der Waals surface area contributed by atoms with E-state index in [-0.39, 0.29) is 36.1 Å². The maximum atomic E-state index is 12.7. The number of rotatable bonds is 7. The molecule has 0 atom stereocenters. The minimum atomic E-state index is -3.48. The zero-order valence-electron chi connectivity index (χ0n) is 17.6. The Bertz CT molecular complexity index is 749. The molecule has 0 unspecified atom stereocenters. The highest BCUT2D eigenvalue weighted by atomic mass is 35.5. The topological polar surface area (TPSA) is 87.0 Å². The van der Waals surface area contributed by atoms with Gasteiger partial charge in [0.1, 0.15) is 0 Å². The van der Waals surface area contributed by atoms with Crippen molar-refractivity contribution >= 4 is 40.7 Å². The molecule has 0 radical (unpaired) electrons. The molecule has 1 amide bonds. The third kappa shape index (κ3) is 7.70. The molecule has 2 rings (SSSR count). The van der Waals surface area contributed by atoms with Gasteiger partial charge in [-0.3, -0.25) is 9.69 Å². The van der Waals surface area contributed by atoms with E-state index in [1.54, 1.807) is 36.2 Å². The van der Waals surface area contributed by atoms with Crippen LogP contribution in [0.25, 0.3) is 0 Å². The van der Waals surface area contributed by atoms with E-state index in [4.69, 9.17) is 5.73 Å². The van der Waals surface area contributed by atoms with Crippen molar-refractivity contribution in [2.45, 2.75) is 25.7 Å². The van der Waals surface area contributed by atoms with Crippen LogP contribution in [0.5, 0.6) is 0 Å². The number of halogens is 2. The number of nitrogens with zero attached hydrogens (tertiary/aromatic N) is 3. The summed E-state index contributed by atoms with van der Waals surface area (Å²) in [5.74, 6) is 0.0337. The van der Waals surface area contributed by atoms with Gasteiger partial charge < -0.3 is 10.6 Å². The first-order valence-electron chi connectivity index (χ1n) is 9.28. The van der Waals surface area contributed by atoms with Crippen LogP contribution in [0.15, 0.2) is 29.2 Å². The molecule has 168 valence electrons. The van der Waals surface area contributed by atoms with Crippen LogP contribution < -0.4 is 5.73 Å². The fourth-order valence-corrected chi connectivity index (χ4v) is 4.52. The average Bonchev–Trinajstić information content (AvgIpc) is 2.62. The monoisotopic (exact) mass is 468 g/mol. The predicted octanol–water partition coefficient (Wildman–Crippen LogP) is 1.59. The van der Waals surface area contributed by atoms with E-state index < -0.39 is 10.0 Å². The third-order valence-electron chi connectivity index (χ3n) is 4.99. The Morgan fingerprint density at radius 2 is 1.62 bits per heavy atom. The lowest BCUT2D eigenvalue weighted by Crippen LogP contribution is -2.51. The van der Waals surface area contributed by atoms with Crippen LogP contribution in [0.4, 0.5) is 0 Å². The molecule has 0 bridgehead atoms. The van der Waals surface area contributed by atoms with Gasteiger partial charge in [-0.2, -0.15) is 4.31 Å². The molecule has 0 spiro atoms. The second kappa shape index (κ2) is 11.5. The Labute approximate surface area is 187 Å². The molecule has 1 aliphatic heterocycles. The van der Waals surface area contributed by atoms with Gasteiger partial charge >= 0.3 is 0 Å². The summed E-state index contributed by atoms with van der Waals surface area (Å²) in [6.07, 6.45) is 0. The summed E-state index contributed by atoms with van der Waals surface area (Å²) < 4.78 is 27.0. The van der Waals surface area contributed by atoms with Crippen LogP contribution in [0.2, 0.25) is 0 Å². The first-order valence-corrected chi connectivity index (χ1v) is 10.7. The number of hydrogen-bond donors (Lipinski definition) is 1. The lowest BCUT2D eigenvalue weighted by Gasteiger charge is -2.35. The highest BCUT2D eigenvalue weighted by Gasteiger charge is 2.30. The van der Waals surface area contributed by atoms with Gasteiger partial charge in [0.2, 0.25) is 15.9 Å². The molecule has 2 N–H and O–H groups in total. The molecule has 10 heteroatoms. The van der Waals surface area contributed by atoms with Gasteiger partial charge in [-0.25, -0.2) is 8.42 Å². The summed E-state index contributed by atoms with van der Waals surface area (Å²) in [6, 6.07) is 6.91. The van der Waals surface area contributed by atoms with Crippen molar-refractivity contribution in [2.24, 2.45) is 11.1 Å². The normalized spacial score (nSPS) is 15.9. The molecule has 1 aromatic rings. The summed E-state index contributed by atoms with van der Waals surface area (Å²) in [4.78, 5) is 16.5. The van der Waals surface area contributed by atoms with Crippen LogP contribution in [-0.4, -0.2) is 81.3 Å². The molecule has 0 saturated carbocycles. The van der Waals surface area contributed by atoms with E-state index in [1.807, 2.05) is 25.7 Å². The molecule has 0 aliphatic carbocycles. The number of piperazine rings is 1. The molecule has 29 heavy (non-hydrogen) atoms. The average molecular weight is 469 g/mol. The number of nitrogens with two attached hydrogens (primary N) is 1. The first kappa shape index (κ1) is 28.1. The van der Waals surface area contributed by atoms with Crippen molar-refractivity contribution in [3.63, 3.8) is 0 Å². The number of carbonyl (C=O) groups excluding carboxylic acids is 1. The molecule has 7 nitrogen and oxygen atoms in total. The second-order valence-electron chi connectivity index (χ2n) is 8.11. The van der Waals surface area contributed by atoms with Gasteiger partial charge in [0.15, 0.2) is 0 Å². The molecule has 1 aromatic carbocycles. The maximum absolute atomic E-state index is 12.7. The Hall–Kier alpha value is -0.900. The molecule has 0 aromatic heterocycles. The lowest BCUT2D eigenvalue weighted by molar-refractivity contribution is -0.132. The fourth-order valence-electron chi connectivity index (χ4n) is 3.09. The summed E-state index contributed by atoms with van der Waals surface area (Å²) in [6.45, 7) is 9.29. The van der Waals surface area contributed by atoms with E-state index in [0.717, 1.165) is 5.56 Å². The predicted molar refractivity (Wildman–Crippen MR) is 121 cm³/mol. The SMILES string of the molecule is Cc1ccc(S(=O)(=O)N2CCN(CC(=O)N(C)CC(C)(C)CN)CC2)cc1.Cl.Cl. The fraction of sp³-hybridized carbons (Fsp3) is 0.632. The van der Waals surface area contributed by atoms with Crippen LogP contribution in [0.3, 0.4) is 0 Å². The zero-order chi connectivity index (χ0) is 20.2. The van der Waals surface area contributed by atoms with Gasteiger partial charge in [-0.15, -0.1) is 24.8 Å². The maximum Gasteiger partial charge on any atom is 0.243 e. The van der Waals surface area contributed by atoms with Gasteiger partial charge in [0.25, 0.3) is 0 Å². The lowest BCUT2D eigenvalue weighted by atomic mass is 9.93. The van der Waals surface area contributed by atoms with E-state index >= 15 is 0 Å². The van der Waals surface area contributed by atoms with Gasteiger partial charge in [-0.1, -0.05) is 31.5 Å². The van der Waals surface area contributed by atoms with Gasteiger partial charge in [0.05, 0.1) is 11.4 Å². The standard InChI is InChI=1S/C19H32N4O3S.2ClH/c1-16-5-7-17(8-6-16)27(25,26)23-11-9-22(10-12-23)13-18(24)21(4)15-19(2,3)14-20;;/h5-8H,9-15,20H2,1-4H3;2*1H. The van der Waals surface area contributed by atoms with Crippen molar-refractivity contribution in [1.29, 1.82) is 0 Å². The van der Waals surface area contributed by atoms with Crippen molar-refractivity contribution in [3.8, 4) is 0 Å². The second-order valence-corrected chi connectivity index (χ2v) is 10.0. The number of likely N-dealkylation sites (N-methyl/N-ethyl adjacent to an activating group) is 1. The third-order valence-corrected chi connectivity index (χ3v) is 6.91. The van der Waals surface area contributed by atoms with Gasteiger partial charge in [-0.05, 0) is 31.0 Å². The number of sulfonamides is 1. The zero-order valence-corrected chi connectivity index (χ0v) is 20.1. The molecular weight excluding hydrogens is 435 g/mol. The molecular formula is C19H34Cl2N4O3S. The Kier molecular flexibility index (Phi) is 11.1. The molecule has 1 fully saturated rings. The van der Waals surface area contributed by atoms with E-state index in [9.17, 15) is 13.2 Å². The number of carbonyl (C=O) groups is 1. The van der Waals surface area contributed by atoms with Crippen molar-refractivity contribution < 1.29 is 13.2 Å². The van der Waals surface area contributed by atoms with Crippen LogP contribution in [-0.2, 0) is 14.8 Å². The summed E-state index contributed by atoms with van der Waals surface area (Å²) in [7, 11) is -1.69. The van der Waals surface area contributed by atoms with Crippen LogP contribution in [0.1, 0.15) is 19.4 Å².